The Balaban J connectivity index is 1.21. The molecule has 0 spiro atoms. The van der Waals surface area contributed by atoms with Gasteiger partial charge >= 0.3 is 0 Å². The summed E-state index contributed by atoms with van der Waals surface area (Å²) in [7, 11) is 0. The van der Waals surface area contributed by atoms with Crippen molar-refractivity contribution in [1.82, 2.24) is 4.57 Å². The molecule has 3 nitrogen and oxygen atoms in total. The van der Waals surface area contributed by atoms with Gasteiger partial charge in [-0.3, -0.25) is 0 Å². The Morgan fingerprint density at radius 1 is 0.412 bits per heavy atom. The Morgan fingerprint density at radius 3 is 1.88 bits per heavy atom. The van der Waals surface area contributed by atoms with Crippen molar-refractivity contribution in [3.63, 3.8) is 0 Å². The van der Waals surface area contributed by atoms with Gasteiger partial charge in [-0.05, 0) is 77.4 Å². The second-order valence-electron chi connectivity index (χ2n) is 12.9. The molecule has 8 aromatic carbocycles. The highest BCUT2D eigenvalue weighted by molar-refractivity contribution is 6.15. The van der Waals surface area contributed by atoms with Gasteiger partial charge in [0, 0.05) is 38.8 Å². The summed E-state index contributed by atoms with van der Waals surface area (Å²) in [5.41, 5.74) is 13.2. The van der Waals surface area contributed by atoms with Gasteiger partial charge in [0.15, 0.2) is 0 Å². The molecule has 0 saturated heterocycles. The topological polar surface area (TPSA) is 21.3 Å². The Kier molecular flexibility index (Phi) is 6.81. The van der Waals surface area contributed by atoms with E-state index in [0.717, 1.165) is 50.3 Å². The highest BCUT2D eigenvalue weighted by atomic mass is 16.3. The number of nitrogens with zero attached hydrogens (tertiary/aromatic N) is 2. The van der Waals surface area contributed by atoms with Crippen LogP contribution in [0.2, 0.25) is 0 Å². The molecule has 240 valence electrons. The van der Waals surface area contributed by atoms with Gasteiger partial charge in [0.05, 0.1) is 22.1 Å². The fraction of sp³-hybridized carbons (Fsp3) is 0. The van der Waals surface area contributed by atoms with Crippen molar-refractivity contribution in [2.24, 2.45) is 0 Å². The predicted molar refractivity (Wildman–Crippen MR) is 214 cm³/mol. The summed E-state index contributed by atoms with van der Waals surface area (Å²) in [6.07, 6.45) is 0. The van der Waals surface area contributed by atoms with E-state index in [1.807, 2.05) is 12.1 Å². The first kappa shape index (κ1) is 29.1. The lowest BCUT2D eigenvalue weighted by Gasteiger charge is -2.27. The minimum atomic E-state index is 0.868. The van der Waals surface area contributed by atoms with E-state index in [2.05, 4.69) is 191 Å². The molecule has 0 fully saturated rings. The van der Waals surface area contributed by atoms with Crippen LogP contribution < -0.4 is 4.90 Å². The summed E-state index contributed by atoms with van der Waals surface area (Å²) in [6, 6.07) is 69.1. The summed E-state index contributed by atoms with van der Waals surface area (Å²) in [5.74, 6) is 0. The van der Waals surface area contributed by atoms with Crippen LogP contribution in [-0.2, 0) is 0 Å². The van der Waals surface area contributed by atoms with E-state index in [0.29, 0.717) is 0 Å². The third kappa shape index (κ3) is 4.82. The Hall–Kier alpha value is -6.84. The van der Waals surface area contributed by atoms with Gasteiger partial charge in [0.1, 0.15) is 11.2 Å². The molecule has 0 radical (unpaired) electrons. The zero-order valence-corrected chi connectivity index (χ0v) is 27.8. The Morgan fingerprint density at radius 2 is 1.04 bits per heavy atom. The van der Waals surface area contributed by atoms with Gasteiger partial charge < -0.3 is 13.9 Å². The molecule has 0 aliphatic rings. The van der Waals surface area contributed by atoms with Gasteiger partial charge in [0.25, 0.3) is 0 Å². The molecule has 0 bridgehead atoms. The van der Waals surface area contributed by atoms with Crippen LogP contribution in [-0.4, -0.2) is 4.57 Å². The number of benzene rings is 8. The van der Waals surface area contributed by atoms with E-state index < -0.39 is 0 Å². The number of hydrogen-bond donors (Lipinski definition) is 0. The summed E-state index contributed by atoms with van der Waals surface area (Å²) < 4.78 is 8.80. The van der Waals surface area contributed by atoms with Crippen LogP contribution in [0.15, 0.2) is 199 Å². The molecule has 3 heteroatoms. The standard InChI is InChI=1S/C48H32N2O/c1-3-14-33(15-4-1)34-28-30-37(31-29-34)49(44-25-13-27-46-47(44)42-21-8-10-26-45(42)51-46)38-19-11-16-35(32-38)39-22-12-23-41-40-20-7-9-24-43(40)50(48(39)41)36-17-5-2-6-18-36/h1-32H. The number of hydrogen-bond acceptors (Lipinski definition) is 2. The molecule has 2 aromatic heterocycles. The van der Waals surface area contributed by atoms with Crippen molar-refractivity contribution in [1.29, 1.82) is 0 Å². The zero-order chi connectivity index (χ0) is 33.7. The largest absolute Gasteiger partial charge is 0.456 e. The molecule has 51 heavy (non-hydrogen) atoms. The number of anilines is 3. The summed E-state index contributed by atoms with van der Waals surface area (Å²) >= 11 is 0. The highest BCUT2D eigenvalue weighted by Gasteiger charge is 2.21. The van der Waals surface area contributed by atoms with Crippen molar-refractivity contribution in [3.05, 3.63) is 194 Å². The van der Waals surface area contributed by atoms with E-state index >= 15 is 0 Å². The van der Waals surface area contributed by atoms with E-state index in [1.165, 1.54) is 38.5 Å². The molecular weight excluding hydrogens is 621 g/mol. The summed E-state index contributed by atoms with van der Waals surface area (Å²) in [6.45, 7) is 0. The van der Waals surface area contributed by atoms with Crippen molar-refractivity contribution < 1.29 is 4.42 Å². The van der Waals surface area contributed by atoms with Crippen LogP contribution in [0.1, 0.15) is 0 Å². The first-order chi connectivity index (χ1) is 25.3. The third-order valence-corrected chi connectivity index (χ3v) is 9.98. The van der Waals surface area contributed by atoms with Gasteiger partial charge in [0.2, 0.25) is 0 Å². The van der Waals surface area contributed by atoms with E-state index in [1.54, 1.807) is 0 Å². The monoisotopic (exact) mass is 652 g/mol. The van der Waals surface area contributed by atoms with Gasteiger partial charge in [-0.15, -0.1) is 0 Å². The number of para-hydroxylation sites is 4. The van der Waals surface area contributed by atoms with Gasteiger partial charge in [-0.2, -0.15) is 0 Å². The maximum Gasteiger partial charge on any atom is 0.137 e. The lowest BCUT2D eigenvalue weighted by Crippen LogP contribution is -2.10. The van der Waals surface area contributed by atoms with Crippen molar-refractivity contribution in [2.75, 3.05) is 4.90 Å². The van der Waals surface area contributed by atoms with E-state index in [4.69, 9.17) is 4.42 Å². The molecule has 10 aromatic rings. The van der Waals surface area contributed by atoms with E-state index in [-0.39, 0.29) is 0 Å². The molecule has 2 heterocycles. The maximum absolute atomic E-state index is 6.39. The van der Waals surface area contributed by atoms with E-state index in [9.17, 15) is 0 Å². The van der Waals surface area contributed by atoms with Crippen LogP contribution >= 0.6 is 0 Å². The Bertz CT molecular complexity index is 2850. The number of fused-ring (bicyclic) bond motifs is 6. The van der Waals surface area contributed by atoms with Crippen molar-refractivity contribution in [2.45, 2.75) is 0 Å². The first-order valence-electron chi connectivity index (χ1n) is 17.4. The number of furan rings is 1. The molecule has 0 aliphatic heterocycles. The molecule has 0 saturated carbocycles. The lowest BCUT2D eigenvalue weighted by atomic mass is 10.00. The minimum absolute atomic E-state index is 0.868. The maximum atomic E-state index is 6.39. The fourth-order valence-electron chi connectivity index (χ4n) is 7.71. The second kappa shape index (κ2) is 11.9. The van der Waals surface area contributed by atoms with Crippen LogP contribution in [0.4, 0.5) is 17.1 Å². The third-order valence-electron chi connectivity index (χ3n) is 9.98. The van der Waals surface area contributed by atoms with Crippen LogP contribution in [0, 0.1) is 0 Å². The molecule has 0 unspecified atom stereocenters. The van der Waals surface area contributed by atoms with Gasteiger partial charge in [-0.25, -0.2) is 0 Å². The summed E-state index contributed by atoms with van der Waals surface area (Å²) in [4.78, 5) is 2.37. The van der Waals surface area contributed by atoms with Crippen LogP contribution in [0.3, 0.4) is 0 Å². The summed E-state index contributed by atoms with van der Waals surface area (Å²) in [5, 5.41) is 4.67. The molecule has 0 amide bonds. The van der Waals surface area contributed by atoms with Gasteiger partial charge in [-0.1, -0.05) is 133 Å². The fourth-order valence-corrected chi connectivity index (χ4v) is 7.71. The normalized spacial score (nSPS) is 11.5. The Labute approximate surface area is 295 Å². The van der Waals surface area contributed by atoms with Crippen LogP contribution in [0.25, 0.3) is 71.7 Å². The number of rotatable bonds is 6. The minimum Gasteiger partial charge on any atom is -0.456 e. The average Bonchev–Trinajstić information content (AvgIpc) is 3.76. The second-order valence-corrected chi connectivity index (χ2v) is 12.9. The van der Waals surface area contributed by atoms with Crippen molar-refractivity contribution in [3.8, 4) is 27.9 Å². The zero-order valence-electron chi connectivity index (χ0n) is 27.8. The van der Waals surface area contributed by atoms with Crippen LogP contribution in [0.5, 0.6) is 0 Å². The average molecular weight is 653 g/mol. The molecule has 0 atom stereocenters. The van der Waals surface area contributed by atoms with Crippen molar-refractivity contribution >= 4 is 60.8 Å². The molecule has 0 aliphatic carbocycles. The lowest BCUT2D eigenvalue weighted by molar-refractivity contribution is 0.669. The smallest absolute Gasteiger partial charge is 0.137 e. The first-order valence-corrected chi connectivity index (χ1v) is 17.4. The quantitative estimate of drug-likeness (QED) is 0.178. The molecule has 0 N–H and O–H groups in total. The highest BCUT2D eigenvalue weighted by Crippen LogP contribution is 2.45. The SMILES string of the molecule is c1ccc(-c2ccc(N(c3cccc(-c4cccc5c6ccccc6n(-c6ccccc6)c45)c3)c3cccc4oc5ccccc5c34)cc2)cc1. The number of aromatic nitrogens is 1. The predicted octanol–water partition coefficient (Wildman–Crippen LogP) is 13.5. The molecule has 10 rings (SSSR count). The molecular formula is C48H32N2O.